The number of esters is 1. The fourth-order valence-corrected chi connectivity index (χ4v) is 1.76. The highest BCUT2D eigenvalue weighted by Crippen LogP contribution is 2.16. The molecular weight excluding hydrogens is 274 g/mol. The molecule has 90 valence electrons. The van der Waals surface area contributed by atoms with Crippen molar-refractivity contribution in [1.29, 1.82) is 0 Å². The van der Waals surface area contributed by atoms with Crippen molar-refractivity contribution in [3.63, 3.8) is 0 Å². The number of ether oxygens (including phenoxy) is 1. The van der Waals surface area contributed by atoms with E-state index in [1.807, 2.05) is 13.1 Å². The molecule has 0 fully saturated rings. The predicted octanol–water partition coefficient (Wildman–Crippen LogP) is 1.10. The van der Waals surface area contributed by atoms with Crippen LogP contribution >= 0.6 is 15.9 Å². The van der Waals surface area contributed by atoms with Gasteiger partial charge in [-0.25, -0.2) is 0 Å². The van der Waals surface area contributed by atoms with Crippen molar-refractivity contribution < 1.29 is 9.53 Å². The first-order chi connectivity index (χ1) is 7.58. The van der Waals surface area contributed by atoms with Crippen LogP contribution in [-0.4, -0.2) is 28.4 Å². The standard InChI is InChI=1S/C10H16BrN3O2/c1-3-14-6-7(11)9(13-14)5-8(12)10(15)16-4-2/h6,8H,3-5,12H2,1-2H3. The molecule has 0 amide bonds. The first-order valence-electron chi connectivity index (χ1n) is 5.22. The molecule has 1 heterocycles. The number of nitrogens with two attached hydrogens (primary N) is 1. The van der Waals surface area contributed by atoms with Gasteiger partial charge < -0.3 is 10.5 Å². The van der Waals surface area contributed by atoms with Gasteiger partial charge in [-0.2, -0.15) is 5.10 Å². The molecule has 16 heavy (non-hydrogen) atoms. The van der Waals surface area contributed by atoms with E-state index in [2.05, 4.69) is 21.0 Å². The van der Waals surface area contributed by atoms with E-state index in [4.69, 9.17) is 10.5 Å². The molecule has 0 aliphatic carbocycles. The summed E-state index contributed by atoms with van der Waals surface area (Å²) in [5.41, 5.74) is 6.49. The number of aryl methyl sites for hydroxylation is 1. The summed E-state index contributed by atoms with van der Waals surface area (Å²) < 4.78 is 7.49. The molecule has 0 radical (unpaired) electrons. The van der Waals surface area contributed by atoms with Gasteiger partial charge in [0.25, 0.3) is 0 Å². The number of aromatic nitrogens is 2. The Morgan fingerprint density at radius 1 is 1.69 bits per heavy atom. The highest BCUT2D eigenvalue weighted by atomic mass is 79.9. The van der Waals surface area contributed by atoms with Crippen LogP contribution in [0.15, 0.2) is 10.7 Å². The number of hydrogen-bond donors (Lipinski definition) is 1. The van der Waals surface area contributed by atoms with Crippen molar-refractivity contribution in [2.45, 2.75) is 32.9 Å². The topological polar surface area (TPSA) is 70.1 Å². The summed E-state index contributed by atoms with van der Waals surface area (Å²) >= 11 is 3.38. The van der Waals surface area contributed by atoms with Crippen LogP contribution in [-0.2, 0) is 22.5 Å². The Morgan fingerprint density at radius 2 is 2.38 bits per heavy atom. The quantitative estimate of drug-likeness (QED) is 0.824. The van der Waals surface area contributed by atoms with Gasteiger partial charge in [0.1, 0.15) is 6.04 Å². The fraction of sp³-hybridized carbons (Fsp3) is 0.600. The van der Waals surface area contributed by atoms with Gasteiger partial charge in [-0.1, -0.05) is 0 Å². The fourth-order valence-electron chi connectivity index (χ4n) is 1.28. The van der Waals surface area contributed by atoms with E-state index in [1.54, 1.807) is 11.6 Å². The first kappa shape index (κ1) is 13.2. The minimum atomic E-state index is -0.656. The summed E-state index contributed by atoms with van der Waals surface area (Å²) in [6, 6.07) is -0.656. The molecule has 1 aromatic heterocycles. The Morgan fingerprint density at radius 3 is 2.88 bits per heavy atom. The molecule has 1 rings (SSSR count). The lowest BCUT2D eigenvalue weighted by molar-refractivity contribution is -0.144. The molecule has 2 N–H and O–H groups in total. The zero-order valence-electron chi connectivity index (χ0n) is 9.44. The van der Waals surface area contributed by atoms with Gasteiger partial charge in [-0.05, 0) is 29.8 Å². The molecular formula is C10H16BrN3O2. The van der Waals surface area contributed by atoms with E-state index in [9.17, 15) is 4.79 Å². The molecule has 1 aromatic rings. The molecule has 5 nitrogen and oxygen atoms in total. The second-order valence-electron chi connectivity index (χ2n) is 3.34. The summed E-state index contributed by atoms with van der Waals surface area (Å²) in [5.74, 6) is -0.388. The van der Waals surface area contributed by atoms with E-state index < -0.39 is 6.04 Å². The molecule has 0 bridgehead atoms. The van der Waals surface area contributed by atoms with E-state index in [0.717, 1.165) is 16.7 Å². The van der Waals surface area contributed by atoms with Gasteiger partial charge in [0, 0.05) is 19.2 Å². The SMILES string of the molecule is CCOC(=O)C(N)Cc1nn(CC)cc1Br. The lowest BCUT2D eigenvalue weighted by Crippen LogP contribution is -2.34. The van der Waals surface area contributed by atoms with Crippen LogP contribution in [0.25, 0.3) is 0 Å². The van der Waals surface area contributed by atoms with Crippen molar-refractivity contribution in [3.05, 3.63) is 16.4 Å². The van der Waals surface area contributed by atoms with E-state index in [1.165, 1.54) is 0 Å². The molecule has 0 aliphatic rings. The average molecular weight is 290 g/mol. The molecule has 1 atom stereocenters. The summed E-state index contributed by atoms with van der Waals surface area (Å²) in [6.45, 7) is 4.88. The lowest BCUT2D eigenvalue weighted by Gasteiger charge is -2.08. The van der Waals surface area contributed by atoms with E-state index in [-0.39, 0.29) is 5.97 Å². The van der Waals surface area contributed by atoms with Crippen molar-refractivity contribution in [1.82, 2.24) is 9.78 Å². The number of carbonyl (C=O) groups is 1. The highest BCUT2D eigenvalue weighted by molar-refractivity contribution is 9.10. The van der Waals surface area contributed by atoms with E-state index in [0.29, 0.717) is 13.0 Å². The third-order valence-corrected chi connectivity index (χ3v) is 2.78. The van der Waals surface area contributed by atoms with Crippen LogP contribution in [0.1, 0.15) is 19.5 Å². The zero-order valence-corrected chi connectivity index (χ0v) is 11.0. The Balaban J connectivity index is 2.65. The summed E-state index contributed by atoms with van der Waals surface area (Å²) in [4.78, 5) is 11.3. The van der Waals surface area contributed by atoms with Crippen LogP contribution in [0.2, 0.25) is 0 Å². The van der Waals surface area contributed by atoms with Gasteiger partial charge in [-0.15, -0.1) is 0 Å². The number of halogens is 1. The van der Waals surface area contributed by atoms with E-state index >= 15 is 0 Å². The molecule has 0 spiro atoms. The van der Waals surface area contributed by atoms with Crippen LogP contribution in [0.3, 0.4) is 0 Å². The smallest absolute Gasteiger partial charge is 0.323 e. The van der Waals surface area contributed by atoms with Crippen LogP contribution < -0.4 is 5.73 Å². The maximum absolute atomic E-state index is 11.3. The molecule has 0 saturated carbocycles. The Bertz CT molecular complexity index is 365. The molecule has 6 heteroatoms. The number of rotatable bonds is 5. The lowest BCUT2D eigenvalue weighted by atomic mass is 10.2. The summed E-state index contributed by atoms with van der Waals surface area (Å²) in [6.07, 6.45) is 2.25. The van der Waals surface area contributed by atoms with Crippen molar-refractivity contribution in [3.8, 4) is 0 Å². The van der Waals surface area contributed by atoms with Gasteiger partial charge >= 0.3 is 5.97 Å². The summed E-state index contributed by atoms with van der Waals surface area (Å²) in [7, 11) is 0. The Hall–Kier alpha value is -0.880. The number of hydrogen-bond acceptors (Lipinski definition) is 4. The van der Waals surface area contributed by atoms with Crippen molar-refractivity contribution in [2.75, 3.05) is 6.61 Å². The molecule has 0 aromatic carbocycles. The normalized spacial score (nSPS) is 12.5. The van der Waals surface area contributed by atoms with Gasteiger partial charge in [0.05, 0.1) is 16.8 Å². The number of carbonyl (C=O) groups excluding carboxylic acids is 1. The molecule has 0 aliphatic heterocycles. The summed E-state index contributed by atoms with van der Waals surface area (Å²) in [5, 5.41) is 4.29. The predicted molar refractivity (Wildman–Crippen MR) is 63.9 cm³/mol. The second kappa shape index (κ2) is 6.00. The zero-order chi connectivity index (χ0) is 12.1. The minimum absolute atomic E-state index is 0.344. The molecule has 0 saturated heterocycles. The number of nitrogens with zero attached hydrogens (tertiary/aromatic N) is 2. The van der Waals surface area contributed by atoms with Gasteiger partial charge in [-0.3, -0.25) is 9.48 Å². The van der Waals surface area contributed by atoms with Crippen LogP contribution in [0.4, 0.5) is 0 Å². The van der Waals surface area contributed by atoms with Crippen molar-refractivity contribution in [2.24, 2.45) is 5.73 Å². The highest BCUT2D eigenvalue weighted by Gasteiger charge is 2.18. The third kappa shape index (κ3) is 3.31. The Kier molecular flexibility index (Phi) is 4.95. The monoisotopic (exact) mass is 289 g/mol. The largest absolute Gasteiger partial charge is 0.465 e. The maximum Gasteiger partial charge on any atom is 0.323 e. The molecule has 1 unspecified atom stereocenters. The van der Waals surface area contributed by atoms with Crippen LogP contribution in [0.5, 0.6) is 0 Å². The second-order valence-corrected chi connectivity index (χ2v) is 4.20. The van der Waals surface area contributed by atoms with Crippen LogP contribution in [0, 0.1) is 0 Å². The third-order valence-electron chi connectivity index (χ3n) is 2.11. The Labute approximate surface area is 103 Å². The first-order valence-corrected chi connectivity index (χ1v) is 6.01. The minimum Gasteiger partial charge on any atom is -0.465 e. The van der Waals surface area contributed by atoms with Gasteiger partial charge in [0.2, 0.25) is 0 Å². The average Bonchev–Trinajstić information content (AvgIpc) is 2.60. The maximum atomic E-state index is 11.3. The van der Waals surface area contributed by atoms with Crippen molar-refractivity contribution >= 4 is 21.9 Å². The van der Waals surface area contributed by atoms with Gasteiger partial charge in [0.15, 0.2) is 0 Å².